The number of piperidine rings is 2. The second kappa shape index (κ2) is 16.3. The molecule has 13 nitrogen and oxygen atoms in total. The average molecular weight is 764 g/mol. The van der Waals surface area contributed by atoms with Crippen LogP contribution in [0.25, 0.3) is 10.9 Å². The Morgan fingerprint density at radius 1 is 0.945 bits per heavy atom. The molecule has 1 aliphatic carbocycles. The fraction of sp³-hybridized carbons (Fsp3) is 0.463. The Morgan fingerprint density at radius 3 is 2.45 bits per heavy atom. The number of rotatable bonds is 9. The number of likely N-dealkylation sites (tertiary alicyclic amines) is 1. The topological polar surface area (TPSA) is 149 Å². The maximum absolute atomic E-state index is 13.0. The highest BCUT2D eigenvalue weighted by Crippen LogP contribution is 2.34. The predicted molar refractivity (Wildman–Crippen MR) is 209 cm³/mol. The summed E-state index contributed by atoms with van der Waals surface area (Å²) in [7, 11) is 0. The number of halogens is 1. The highest BCUT2D eigenvalue weighted by atomic mass is 35.5. The van der Waals surface area contributed by atoms with Crippen molar-refractivity contribution in [3.8, 4) is 11.8 Å². The lowest BCUT2D eigenvalue weighted by atomic mass is 9.93. The molecule has 3 saturated heterocycles. The van der Waals surface area contributed by atoms with Crippen LogP contribution >= 0.6 is 11.6 Å². The maximum atomic E-state index is 13.0. The Morgan fingerprint density at radius 2 is 1.75 bits per heavy atom. The van der Waals surface area contributed by atoms with E-state index in [9.17, 15) is 14.4 Å². The third-order valence-electron chi connectivity index (χ3n) is 11.7. The Labute approximate surface area is 325 Å². The SMILES string of the molecule is N#Cc1ccc(OC2CCC(NC(=O)c3cnc(N4CCC(CN5CCC(n6ccc7c(N8CCC(=O)NC8=O)cccc76)CC5)CC4)cn3)CC2)cc1Cl. The molecule has 0 atom stereocenters. The number of nitrogens with zero attached hydrogens (tertiary/aromatic N) is 7. The van der Waals surface area contributed by atoms with E-state index in [1.165, 1.54) is 0 Å². The number of fused-ring (bicyclic) bond motifs is 1. The normalized spacial score (nSPS) is 21.7. The van der Waals surface area contributed by atoms with Gasteiger partial charge < -0.3 is 24.4 Å². The lowest BCUT2D eigenvalue weighted by Crippen LogP contribution is -2.49. The molecular formula is C41H46ClN9O4. The molecule has 55 heavy (non-hydrogen) atoms. The van der Waals surface area contributed by atoms with Crippen LogP contribution in [0.2, 0.25) is 5.02 Å². The fourth-order valence-electron chi connectivity index (χ4n) is 8.65. The summed E-state index contributed by atoms with van der Waals surface area (Å²) in [4.78, 5) is 52.9. The molecule has 8 rings (SSSR count). The van der Waals surface area contributed by atoms with Gasteiger partial charge in [-0.25, -0.2) is 14.8 Å². The average Bonchev–Trinajstić information content (AvgIpc) is 3.64. The molecule has 5 heterocycles. The number of nitriles is 1. The van der Waals surface area contributed by atoms with Crippen LogP contribution < -0.4 is 25.2 Å². The van der Waals surface area contributed by atoms with E-state index in [0.29, 0.717) is 47.0 Å². The number of aromatic nitrogens is 3. The van der Waals surface area contributed by atoms with E-state index in [2.05, 4.69) is 59.4 Å². The van der Waals surface area contributed by atoms with Crippen LogP contribution in [-0.4, -0.2) is 88.7 Å². The van der Waals surface area contributed by atoms with Gasteiger partial charge in [0.2, 0.25) is 5.91 Å². The minimum Gasteiger partial charge on any atom is -0.490 e. The standard InChI is InChI=1S/C41H46ClN9O4/c42-34-22-32(7-4-28(34)23-43)55-31-8-5-29(6-9-31)46-40(53)35-24-45-38(25-44-35)49-18-10-27(11-19-49)26-48-16-12-30(13-17-48)50-20-14-33-36(50)2-1-3-37(33)51-21-15-39(52)47-41(51)54/h1-4,7,14,20,22,24-25,27,29-31H,5-6,8-13,15-19,21,26H2,(H,46,53)(H,47,52,54). The smallest absolute Gasteiger partial charge is 0.328 e. The van der Waals surface area contributed by atoms with Crippen LogP contribution in [-0.2, 0) is 4.79 Å². The molecule has 0 spiro atoms. The fourth-order valence-corrected chi connectivity index (χ4v) is 8.86. The van der Waals surface area contributed by atoms with Crippen LogP contribution in [0, 0.1) is 17.2 Å². The van der Waals surface area contributed by atoms with Crippen molar-refractivity contribution in [1.29, 1.82) is 5.26 Å². The number of carbonyl (C=O) groups is 3. The number of imide groups is 1. The van der Waals surface area contributed by atoms with Crippen LogP contribution in [0.1, 0.15) is 79.9 Å². The molecule has 4 fully saturated rings. The van der Waals surface area contributed by atoms with Crippen molar-refractivity contribution in [3.05, 3.63) is 77.3 Å². The van der Waals surface area contributed by atoms with E-state index in [4.69, 9.17) is 21.6 Å². The molecule has 286 valence electrons. The van der Waals surface area contributed by atoms with Crippen LogP contribution in [0.15, 0.2) is 61.1 Å². The number of anilines is 2. The van der Waals surface area contributed by atoms with E-state index >= 15 is 0 Å². The summed E-state index contributed by atoms with van der Waals surface area (Å²) >= 11 is 6.15. The van der Waals surface area contributed by atoms with Crippen LogP contribution in [0.4, 0.5) is 16.3 Å². The lowest BCUT2D eigenvalue weighted by Gasteiger charge is -2.38. The number of benzene rings is 2. The molecule has 0 bridgehead atoms. The first kappa shape index (κ1) is 36.8. The van der Waals surface area contributed by atoms with Gasteiger partial charge in [0.1, 0.15) is 23.3 Å². The van der Waals surface area contributed by atoms with E-state index in [1.54, 1.807) is 35.5 Å². The van der Waals surface area contributed by atoms with Gasteiger partial charge in [-0.3, -0.25) is 19.8 Å². The molecule has 0 unspecified atom stereocenters. The van der Waals surface area contributed by atoms with E-state index in [1.807, 2.05) is 12.1 Å². The van der Waals surface area contributed by atoms with Gasteiger partial charge in [0.05, 0.1) is 40.3 Å². The van der Waals surface area contributed by atoms with Crippen molar-refractivity contribution in [2.75, 3.05) is 49.1 Å². The van der Waals surface area contributed by atoms with Crippen molar-refractivity contribution >= 4 is 51.9 Å². The Hall–Kier alpha value is -5.19. The second-order valence-electron chi connectivity index (χ2n) is 15.2. The number of hydrogen-bond acceptors (Lipinski definition) is 9. The first-order valence-corrected chi connectivity index (χ1v) is 19.9. The summed E-state index contributed by atoms with van der Waals surface area (Å²) in [6.07, 6.45) is 13.4. The van der Waals surface area contributed by atoms with E-state index in [0.717, 1.165) is 106 Å². The van der Waals surface area contributed by atoms with Gasteiger partial charge in [0.15, 0.2) is 0 Å². The van der Waals surface area contributed by atoms with Gasteiger partial charge in [-0.05, 0) is 87.6 Å². The number of carbonyl (C=O) groups excluding carboxylic acids is 3. The first-order valence-electron chi connectivity index (χ1n) is 19.5. The number of hydrogen-bond donors (Lipinski definition) is 2. The zero-order chi connectivity index (χ0) is 37.9. The van der Waals surface area contributed by atoms with Crippen molar-refractivity contribution in [1.82, 2.24) is 30.1 Å². The zero-order valence-electron chi connectivity index (χ0n) is 30.8. The van der Waals surface area contributed by atoms with Gasteiger partial charge in [-0.2, -0.15) is 5.26 Å². The summed E-state index contributed by atoms with van der Waals surface area (Å²) in [5, 5.41) is 16.1. The number of ether oxygens (including phenoxy) is 1. The van der Waals surface area contributed by atoms with Gasteiger partial charge in [0.25, 0.3) is 5.91 Å². The summed E-state index contributed by atoms with van der Waals surface area (Å²) in [5.41, 5.74) is 2.73. The molecule has 0 radical (unpaired) electrons. The molecule has 3 aliphatic heterocycles. The molecule has 4 aliphatic rings. The minimum atomic E-state index is -0.354. The molecule has 4 aromatic rings. The summed E-state index contributed by atoms with van der Waals surface area (Å²) in [6, 6.07) is 15.5. The third-order valence-corrected chi connectivity index (χ3v) is 12.0. The van der Waals surface area contributed by atoms with Gasteiger partial charge in [0, 0.05) is 75.4 Å². The van der Waals surface area contributed by atoms with E-state index in [-0.39, 0.29) is 30.0 Å². The van der Waals surface area contributed by atoms with Gasteiger partial charge >= 0.3 is 6.03 Å². The first-order chi connectivity index (χ1) is 26.8. The molecule has 1 saturated carbocycles. The zero-order valence-corrected chi connectivity index (χ0v) is 31.6. The lowest BCUT2D eigenvalue weighted by molar-refractivity contribution is -0.120. The number of urea groups is 1. The minimum absolute atomic E-state index is 0.0351. The van der Waals surface area contributed by atoms with Gasteiger partial charge in [-0.1, -0.05) is 17.7 Å². The number of nitrogens with one attached hydrogen (secondary N) is 2. The molecule has 2 aromatic carbocycles. The van der Waals surface area contributed by atoms with Gasteiger partial charge in [-0.15, -0.1) is 0 Å². The predicted octanol–water partition coefficient (Wildman–Crippen LogP) is 6.08. The molecule has 14 heteroatoms. The molecule has 2 aromatic heterocycles. The van der Waals surface area contributed by atoms with Crippen LogP contribution in [0.5, 0.6) is 5.75 Å². The van der Waals surface area contributed by atoms with Crippen LogP contribution in [0.3, 0.4) is 0 Å². The third kappa shape index (κ3) is 8.26. The Bertz CT molecular complexity index is 2080. The largest absolute Gasteiger partial charge is 0.490 e. The number of amides is 4. The Balaban J connectivity index is 0.760. The molecule has 4 amide bonds. The highest BCUT2D eigenvalue weighted by molar-refractivity contribution is 6.31. The summed E-state index contributed by atoms with van der Waals surface area (Å²) < 4.78 is 8.46. The van der Waals surface area contributed by atoms with Crippen molar-refractivity contribution < 1.29 is 19.1 Å². The monoisotopic (exact) mass is 763 g/mol. The highest BCUT2D eigenvalue weighted by Gasteiger charge is 2.29. The maximum Gasteiger partial charge on any atom is 0.328 e. The molecular weight excluding hydrogens is 718 g/mol. The van der Waals surface area contributed by atoms with Crippen molar-refractivity contribution in [2.24, 2.45) is 5.92 Å². The van der Waals surface area contributed by atoms with E-state index < -0.39 is 0 Å². The Kier molecular flexibility index (Phi) is 10.9. The molecule has 2 N–H and O–H groups in total. The quantitative estimate of drug-likeness (QED) is 0.207. The second-order valence-corrected chi connectivity index (χ2v) is 15.6. The summed E-state index contributed by atoms with van der Waals surface area (Å²) in [6.45, 7) is 5.44. The summed E-state index contributed by atoms with van der Waals surface area (Å²) in [5.74, 6) is 1.67. The van der Waals surface area contributed by atoms with Crippen molar-refractivity contribution in [2.45, 2.75) is 76.0 Å². The van der Waals surface area contributed by atoms with Crippen molar-refractivity contribution in [3.63, 3.8) is 0 Å².